The van der Waals surface area contributed by atoms with Gasteiger partial charge < -0.3 is 10.6 Å². The van der Waals surface area contributed by atoms with Crippen molar-refractivity contribution in [1.82, 2.24) is 4.90 Å². The van der Waals surface area contributed by atoms with Crippen molar-refractivity contribution >= 4 is 0 Å². The van der Waals surface area contributed by atoms with Gasteiger partial charge in [0.1, 0.15) is 0 Å². The molecule has 2 rings (SSSR count). The zero-order valence-corrected chi connectivity index (χ0v) is 9.47. The van der Waals surface area contributed by atoms with Crippen LogP contribution in [-0.4, -0.2) is 31.6 Å². The van der Waals surface area contributed by atoms with Crippen molar-refractivity contribution in [2.24, 2.45) is 17.1 Å². The zero-order chi connectivity index (χ0) is 10.0. The van der Waals surface area contributed by atoms with E-state index in [1.807, 2.05) is 0 Å². The van der Waals surface area contributed by atoms with Crippen molar-refractivity contribution in [1.29, 1.82) is 0 Å². The van der Waals surface area contributed by atoms with Gasteiger partial charge in [-0.15, -0.1) is 0 Å². The topological polar surface area (TPSA) is 29.3 Å². The first-order chi connectivity index (χ1) is 6.74. The van der Waals surface area contributed by atoms with Gasteiger partial charge in [0, 0.05) is 6.54 Å². The first kappa shape index (κ1) is 10.4. The van der Waals surface area contributed by atoms with Crippen LogP contribution in [0.15, 0.2) is 0 Å². The lowest BCUT2D eigenvalue weighted by Crippen LogP contribution is -2.42. The van der Waals surface area contributed by atoms with Crippen molar-refractivity contribution < 1.29 is 0 Å². The molecule has 2 N–H and O–H groups in total. The highest BCUT2D eigenvalue weighted by molar-refractivity contribution is 4.91. The SMILES string of the molecule is CN1CCCC(CC2(CN)CCC2)C1. The van der Waals surface area contributed by atoms with Gasteiger partial charge in [0.2, 0.25) is 0 Å². The zero-order valence-electron chi connectivity index (χ0n) is 9.47. The predicted molar refractivity (Wildman–Crippen MR) is 60.2 cm³/mol. The number of nitrogens with two attached hydrogens (primary N) is 1. The van der Waals surface area contributed by atoms with Crippen molar-refractivity contribution in [2.45, 2.75) is 38.5 Å². The van der Waals surface area contributed by atoms with E-state index in [9.17, 15) is 0 Å². The van der Waals surface area contributed by atoms with Crippen LogP contribution in [0.25, 0.3) is 0 Å². The van der Waals surface area contributed by atoms with Crippen LogP contribution in [0.5, 0.6) is 0 Å². The Morgan fingerprint density at radius 2 is 2.14 bits per heavy atom. The Kier molecular flexibility index (Phi) is 3.13. The molecule has 14 heavy (non-hydrogen) atoms. The highest BCUT2D eigenvalue weighted by Crippen LogP contribution is 2.46. The second-order valence-electron chi connectivity index (χ2n) is 5.53. The predicted octanol–water partition coefficient (Wildman–Crippen LogP) is 1.85. The first-order valence-electron chi connectivity index (χ1n) is 6.13. The van der Waals surface area contributed by atoms with Crippen LogP contribution in [0.2, 0.25) is 0 Å². The molecule has 0 bridgehead atoms. The number of nitrogens with zero attached hydrogens (tertiary/aromatic N) is 1. The van der Waals surface area contributed by atoms with Gasteiger partial charge in [0.15, 0.2) is 0 Å². The summed E-state index contributed by atoms with van der Waals surface area (Å²) in [6.45, 7) is 3.53. The Labute approximate surface area is 87.8 Å². The highest BCUT2D eigenvalue weighted by atomic mass is 15.1. The van der Waals surface area contributed by atoms with Crippen LogP contribution in [0, 0.1) is 11.3 Å². The number of hydrogen-bond acceptors (Lipinski definition) is 2. The third-order valence-corrected chi connectivity index (χ3v) is 4.29. The van der Waals surface area contributed by atoms with Gasteiger partial charge in [0.25, 0.3) is 0 Å². The molecule has 1 aliphatic heterocycles. The maximum atomic E-state index is 5.91. The Bertz CT molecular complexity index is 181. The van der Waals surface area contributed by atoms with Crippen molar-refractivity contribution in [3.63, 3.8) is 0 Å². The minimum absolute atomic E-state index is 0.558. The van der Waals surface area contributed by atoms with Gasteiger partial charge in [-0.05, 0) is 63.6 Å². The summed E-state index contributed by atoms with van der Waals surface area (Å²) in [6.07, 6.45) is 8.43. The third kappa shape index (κ3) is 2.12. The second kappa shape index (κ2) is 4.19. The van der Waals surface area contributed by atoms with Gasteiger partial charge in [-0.2, -0.15) is 0 Å². The molecule has 1 aliphatic carbocycles. The van der Waals surface area contributed by atoms with E-state index in [1.54, 1.807) is 0 Å². The molecule has 0 aromatic heterocycles. The van der Waals surface area contributed by atoms with Gasteiger partial charge in [-0.1, -0.05) is 6.42 Å². The Hall–Kier alpha value is -0.0800. The monoisotopic (exact) mass is 196 g/mol. The Morgan fingerprint density at radius 3 is 2.64 bits per heavy atom. The summed E-state index contributed by atoms with van der Waals surface area (Å²) < 4.78 is 0. The van der Waals surface area contributed by atoms with Crippen LogP contribution < -0.4 is 5.73 Å². The lowest BCUT2D eigenvalue weighted by molar-refractivity contribution is 0.0752. The molecule has 0 aromatic carbocycles. The summed E-state index contributed by atoms with van der Waals surface area (Å²) in [5.41, 5.74) is 6.47. The minimum atomic E-state index is 0.558. The smallest absolute Gasteiger partial charge is 0.000683 e. The van der Waals surface area contributed by atoms with Gasteiger partial charge in [-0.25, -0.2) is 0 Å². The standard InChI is InChI=1S/C12H24N2/c1-14-7-2-4-11(9-14)8-12(10-13)5-3-6-12/h11H,2-10,13H2,1H3. The fourth-order valence-corrected chi connectivity index (χ4v) is 3.22. The van der Waals surface area contributed by atoms with E-state index in [-0.39, 0.29) is 0 Å². The van der Waals surface area contributed by atoms with E-state index in [1.165, 1.54) is 51.6 Å². The molecule has 2 heteroatoms. The fourth-order valence-electron chi connectivity index (χ4n) is 3.22. The molecular weight excluding hydrogens is 172 g/mol. The van der Waals surface area contributed by atoms with Crippen LogP contribution in [-0.2, 0) is 0 Å². The highest BCUT2D eigenvalue weighted by Gasteiger charge is 2.38. The molecule has 2 aliphatic rings. The van der Waals surface area contributed by atoms with Crippen molar-refractivity contribution in [2.75, 3.05) is 26.7 Å². The largest absolute Gasteiger partial charge is 0.330 e. The molecular formula is C12H24N2. The number of hydrogen-bond donors (Lipinski definition) is 1. The molecule has 2 nitrogen and oxygen atoms in total. The average Bonchev–Trinajstić information content (AvgIpc) is 2.11. The maximum Gasteiger partial charge on any atom is 0.000683 e. The second-order valence-corrected chi connectivity index (χ2v) is 5.53. The van der Waals surface area contributed by atoms with Crippen LogP contribution in [0.1, 0.15) is 38.5 Å². The number of rotatable bonds is 3. The molecule has 1 atom stereocenters. The summed E-state index contributed by atoms with van der Waals surface area (Å²) in [5.74, 6) is 0.928. The van der Waals surface area contributed by atoms with Gasteiger partial charge >= 0.3 is 0 Å². The Morgan fingerprint density at radius 1 is 1.36 bits per heavy atom. The summed E-state index contributed by atoms with van der Waals surface area (Å²) in [6, 6.07) is 0. The first-order valence-corrected chi connectivity index (χ1v) is 6.13. The fraction of sp³-hybridized carbons (Fsp3) is 1.00. The molecule has 1 unspecified atom stereocenters. The van der Waals surface area contributed by atoms with E-state index >= 15 is 0 Å². The van der Waals surface area contributed by atoms with E-state index < -0.39 is 0 Å². The Balaban J connectivity index is 1.83. The van der Waals surface area contributed by atoms with Crippen LogP contribution in [0.4, 0.5) is 0 Å². The van der Waals surface area contributed by atoms with E-state index in [4.69, 9.17) is 5.73 Å². The summed E-state index contributed by atoms with van der Waals surface area (Å²) in [7, 11) is 2.25. The number of likely N-dealkylation sites (tertiary alicyclic amines) is 1. The molecule has 1 saturated carbocycles. The average molecular weight is 196 g/mol. The quantitative estimate of drug-likeness (QED) is 0.746. The van der Waals surface area contributed by atoms with Gasteiger partial charge in [0.05, 0.1) is 0 Å². The normalized spacial score (nSPS) is 32.6. The molecule has 0 amide bonds. The molecule has 82 valence electrons. The van der Waals surface area contributed by atoms with Crippen LogP contribution >= 0.6 is 0 Å². The summed E-state index contributed by atoms with van der Waals surface area (Å²) in [4.78, 5) is 2.48. The minimum Gasteiger partial charge on any atom is -0.330 e. The van der Waals surface area contributed by atoms with Crippen molar-refractivity contribution in [3.05, 3.63) is 0 Å². The number of piperidine rings is 1. The van der Waals surface area contributed by atoms with E-state index in [2.05, 4.69) is 11.9 Å². The van der Waals surface area contributed by atoms with E-state index in [0.717, 1.165) is 12.5 Å². The third-order valence-electron chi connectivity index (χ3n) is 4.29. The molecule has 0 aromatic rings. The molecule has 0 radical (unpaired) electrons. The lowest BCUT2D eigenvalue weighted by Gasteiger charge is -2.45. The summed E-state index contributed by atoms with van der Waals surface area (Å²) >= 11 is 0. The lowest BCUT2D eigenvalue weighted by atomic mass is 9.63. The molecule has 0 spiro atoms. The molecule has 1 saturated heterocycles. The van der Waals surface area contributed by atoms with Crippen molar-refractivity contribution in [3.8, 4) is 0 Å². The summed E-state index contributed by atoms with van der Waals surface area (Å²) in [5, 5.41) is 0. The molecule has 2 fully saturated rings. The molecule has 1 heterocycles. The van der Waals surface area contributed by atoms with E-state index in [0.29, 0.717) is 5.41 Å². The van der Waals surface area contributed by atoms with Gasteiger partial charge in [-0.3, -0.25) is 0 Å². The maximum absolute atomic E-state index is 5.91. The van der Waals surface area contributed by atoms with Crippen LogP contribution in [0.3, 0.4) is 0 Å².